The highest BCUT2D eigenvalue weighted by Gasteiger charge is 2.38. The van der Waals surface area contributed by atoms with Crippen LogP contribution in [0.2, 0.25) is 0 Å². The van der Waals surface area contributed by atoms with Crippen molar-refractivity contribution in [3.05, 3.63) is 17.5 Å². The van der Waals surface area contributed by atoms with E-state index in [1.54, 1.807) is 11.4 Å². The van der Waals surface area contributed by atoms with Crippen molar-refractivity contribution in [2.45, 2.75) is 29.3 Å². The first-order chi connectivity index (χ1) is 10.5. The maximum absolute atomic E-state index is 11.7. The number of hydrogen-bond donors (Lipinski definition) is 3. The molecule has 1 aliphatic heterocycles. The van der Waals surface area contributed by atoms with Gasteiger partial charge in [-0.2, -0.15) is 13.2 Å². The maximum atomic E-state index is 11.7. The number of sulfonamides is 1. The van der Waals surface area contributed by atoms with Crippen LogP contribution in [0.15, 0.2) is 21.7 Å². The largest absolute Gasteiger partial charge is 0.490 e. The molecular formula is C11H13F3N2O5S2. The predicted octanol–water partition coefficient (Wildman–Crippen LogP) is 0.938. The lowest BCUT2D eigenvalue weighted by atomic mass is 10.2. The normalized spacial score (nSPS) is 18.0. The first-order valence-corrected chi connectivity index (χ1v) is 8.54. The van der Waals surface area contributed by atoms with Crippen LogP contribution in [-0.2, 0) is 19.6 Å². The Morgan fingerprint density at radius 2 is 2.00 bits per heavy atom. The number of carbonyl (C=O) groups excluding carboxylic acids is 1. The molecule has 1 aromatic heterocycles. The summed E-state index contributed by atoms with van der Waals surface area (Å²) in [6, 6.07) is 2.73. The number of hydrogen-bond acceptors (Lipinski definition) is 6. The molecule has 0 radical (unpaired) electrons. The van der Waals surface area contributed by atoms with E-state index in [1.165, 1.54) is 6.07 Å². The van der Waals surface area contributed by atoms with Gasteiger partial charge in [0.05, 0.1) is 6.04 Å². The molecule has 3 N–H and O–H groups in total. The first kappa shape index (κ1) is 19.4. The molecule has 23 heavy (non-hydrogen) atoms. The molecule has 0 unspecified atom stereocenters. The van der Waals surface area contributed by atoms with Crippen molar-refractivity contribution in [2.75, 3.05) is 6.54 Å². The second kappa shape index (κ2) is 7.75. The SMILES string of the molecule is O=C(NS(=O)(=O)c1cccs1)[C@@H]1CCCN1.O=C(O)C(F)(F)F. The molecule has 0 aliphatic carbocycles. The van der Waals surface area contributed by atoms with Crippen molar-refractivity contribution in [1.29, 1.82) is 0 Å². The smallest absolute Gasteiger partial charge is 0.475 e. The lowest BCUT2D eigenvalue weighted by molar-refractivity contribution is -0.192. The van der Waals surface area contributed by atoms with Gasteiger partial charge in [0.25, 0.3) is 15.9 Å². The van der Waals surface area contributed by atoms with Crippen LogP contribution >= 0.6 is 11.3 Å². The van der Waals surface area contributed by atoms with Gasteiger partial charge in [0.2, 0.25) is 0 Å². The van der Waals surface area contributed by atoms with E-state index < -0.39 is 28.1 Å². The Morgan fingerprint density at radius 1 is 1.39 bits per heavy atom. The number of carbonyl (C=O) groups is 2. The van der Waals surface area contributed by atoms with E-state index in [0.29, 0.717) is 6.42 Å². The molecule has 2 heterocycles. The minimum Gasteiger partial charge on any atom is -0.475 e. The second-order valence-electron chi connectivity index (χ2n) is 4.35. The number of amides is 1. The molecule has 1 amide bonds. The molecular weight excluding hydrogens is 361 g/mol. The highest BCUT2D eigenvalue weighted by atomic mass is 32.2. The van der Waals surface area contributed by atoms with Gasteiger partial charge in [-0.05, 0) is 30.8 Å². The Labute approximate surface area is 133 Å². The van der Waals surface area contributed by atoms with Crippen LogP contribution in [0.4, 0.5) is 13.2 Å². The van der Waals surface area contributed by atoms with Crippen LogP contribution in [0.1, 0.15) is 12.8 Å². The van der Waals surface area contributed by atoms with Crippen LogP contribution in [0.3, 0.4) is 0 Å². The summed E-state index contributed by atoms with van der Waals surface area (Å²) in [5, 5.41) is 11.7. The van der Waals surface area contributed by atoms with Crippen LogP contribution in [0.25, 0.3) is 0 Å². The third-order valence-electron chi connectivity index (χ3n) is 2.61. The van der Waals surface area contributed by atoms with Gasteiger partial charge in [-0.15, -0.1) is 11.3 Å². The number of aliphatic carboxylic acids is 1. The van der Waals surface area contributed by atoms with E-state index in [-0.39, 0.29) is 10.3 Å². The monoisotopic (exact) mass is 374 g/mol. The van der Waals surface area contributed by atoms with Crippen LogP contribution in [-0.4, -0.2) is 44.2 Å². The van der Waals surface area contributed by atoms with Gasteiger partial charge in [-0.1, -0.05) is 6.07 Å². The van der Waals surface area contributed by atoms with Crippen molar-refractivity contribution >= 4 is 33.2 Å². The quantitative estimate of drug-likeness (QED) is 0.726. The summed E-state index contributed by atoms with van der Waals surface area (Å²) in [4.78, 5) is 20.5. The predicted molar refractivity (Wildman–Crippen MR) is 74.4 cm³/mol. The number of halogens is 3. The lowest BCUT2D eigenvalue weighted by Gasteiger charge is -2.10. The van der Waals surface area contributed by atoms with Crippen LogP contribution in [0.5, 0.6) is 0 Å². The molecule has 1 aliphatic rings. The topological polar surface area (TPSA) is 113 Å². The zero-order valence-corrected chi connectivity index (χ0v) is 13.1. The molecule has 1 saturated heterocycles. The lowest BCUT2D eigenvalue weighted by Crippen LogP contribution is -2.42. The van der Waals surface area contributed by atoms with Gasteiger partial charge in [0, 0.05) is 0 Å². The number of thiophene rings is 1. The molecule has 0 aromatic carbocycles. The molecule has 1 fully saturated rings. The zero-order chi connectivity index (χ0) is 17.7. The summed E-state index contributed by atoms with van der Waals surface area (Å²) in [6.45, 7) is 0.761. The zero-order valence-electron chi connectivity index (χ0n) is 11.5. The molecule has 1 aromatic rings. The Balaban J connectivity index is 0.000000322. The van der Waals surface area contributed by atoms with Gasteiger partial charge in [-0.25, -0.2) is 17.9 Å². The number of rotatable bonds is 3. The highest BCUT2D eigenvalue weighted by Crippen LogP contribution is 2.16. The number of carboxylic acids is 1. The van der Waals surface area contributed by atoms with Crippen LogP contribution in [0, 0.1) is 0 Å². The number of alkyl halides is 3. The average molecular weight is 374 g/mol. The Bertz CT molecular complexity index is 637. The summed E-state index contributed by atoms with van der Waals surface area (Å²) >= 11 is 1.09. The molecule has 2 rings (SSSR count). The summed E-state index contributed by atoms with van der Waals surface area (Å²) < 4.78 is 57.4. The first-order valence-electron chi connectivity index (χ1n) is 6.17. The summed E-state index contributed by atoms with van der Waals surface area (Å²) in [7, 11) is -3.67. The van der Waals surface area contributed by atoms with Gasteiger partial charge < -0.3 is 10.4 Å². The number of nitrogens with one attached hydrogen (secondary N) is 2. The van der Waals surface area contributed by atoms with E-state index in [4.69, 9.17) is 9.90 Å². The Morgan fingerprint density at radius 3 is 2.39 bits per heavy atom. The molecule has 0 saturated carbocycles. The van der Waals surface area contributed by atoms with Crippen molar-refractivity contribution in [3.8, 4) is 0 Å². The fourth-order valence-corrected chi connectivity index (χ4v) is 3.59. The van der Waals surface area contributed by atoms with Gasteiger partial charge in [0.1, 0.15) is 4.21 Å². The summed E-state index contributed by atoms with van der Waals surface area (Å²) in [5.74, 6) is -3.22. The van der Waals surface area contributed by atoms with E-state index in [2.05, 4.69) is 10.0 Å². The maximum Gasteiger partial charge on any atom is 0.490 e. The highest BCUT2D eigenvalue weighted by molar-refractivity contribution is 7.92. The van der Waals surface area contributed by atoms with E-state index in [1.807, 2.05) is 0 Å². The van der Waals surface area contributed by atoms with Crippen molar-refractivity contribution in [1.82, 2.24) is 10.0 Å². The fraction of sp³-hybridized carbons (Fsp3) is 0.455. The Kier molecular flexibility index (Phi) is 6.53. The van der Waals surface area contributed by atoms with Crippen molar-refractivity contribution in [3.63, 3.8) is 0 Å². The molecule has 12 heteroatoms. The number of carboxylic acid groups (broad SMARTS) is 1. The Hall–Kier alpha value is -1.66. The standard InChI is InChI=1S/C9H12N2O3S2.C2HF3O2/c12-9(7-3-1-5-10-7)11-16(13,14)8-4-2-6-15-8;3-2(4,5)1(6)7/h2,4,6-7,10H,1,3,5H2,(H,11,12);(H,6,7)/t7-;/m0./s1. The fourth-order valence-electron chi connectivity index (χ4n) is 1.58. The van der Waals surface area contributed by atoms with Gasteiger partial charge in [-0.3, -0.25) is 4.79 Å². The summed E-state index contributed by atoms with van der Waals surface area (Å²) in [5.41, 5.74) is 0. The van der Waals surface area contributed by atoms with E-state index >= 15 is 0 Å². The average Bonchev–Trinajstić information content (AvgIpc) is 3.12. The second-order valence-corrected chi connectivity index (χ2v) is 7.21. The van der Waals surface area contributed by atoms with Gasteiger partial charge >= 0.3 is 12.1 Å². The molecule has 130 valence electrons. The third kappa shape index (κ3) is 6.15. The minimum absolute atomic E-state index is 0.166. The third-order valence-corrected chi connectivity index (χ3v) is 5.36. The minimum atomic E-state index is -5.08. The van der Waals surface area contributed by atoms with E-state index in [9.17, 15) is 26.4 Å². The van der Waals surface area contributed by atoms with Crippen molar-refractivity contribution in [2.24, 2.45) is 0 Å². The molecule has 0 spiro atoms. The van der Waals surface area contributed by atoms with Crippen molar-refractivity contribution < 1.29 is 36.3 Å². The summed E-state index contributed by atoms with van der Waals surface area (Å²) in [6.07, 6.45) is -3.50. The molecule has 0 bridgehead atoms. The van der Waals surface area contributed by atoms with E-state index in [0.717, 1.165) is 24.3 Å². The molecule has 7 nitrogen and oxygen atoms in total. The van der Waals surface area contributed by atoms with Gasteiger partial charge in [0.15, 0.2) is 0 Å². The van der Waals surface area contributed by atoms with Crippen LogP contribution < -0.4 is 10.0 Å². The molecule has 1 atom stereocenters.